The first-order valence-corrected chi connectivity index (χ1v) is 10.2. The highest BCUT2D eigenvalue weighted by atomic mass is 16.5. The fourth-order valence-corrected chi connectivity index (χ4v) is 3.77. The number of nitrogens with one attached hydrogen (secondary N) is 2. The molecule has 154 valence electrons. The van der Waals surface area contributed by atoms with Gasteiger partial charge in [0.2, 0.25) is 0 Å². The van der Waals surface area contributed by atoms with E-state index in [1.165, 1.54) is 0 Å². The Morgan fingerprint density at radius 1 is 0.844 bits per heavy atom. The molecule has 0 aliphatic heterocycles. The number of fused-ring (bicyclic) bond motifs is 2. The molecule has 2 N–H and O–H groups in total. The molecule has 0 aliphatic carbocycles. The molecule has 0 spiro atoms. The minimum absolute atomic E-state index is 0.490. The van der Waals surface area contributed by atoms with Crippen molar-refractivity contribution in [2.24, 2.45) is 0 Å². The first-order chi connectivity index (χ1) is 15.8. The van der Waals surface area contributed by atoms with Gasteiger partial charge in [0.1, 0.15) is 12.4 Å². The van der Waals surface area contributed by atoms with E-state index in [1.807, 2.05) is 54.9 Å². The van der Waals surface area contributed by atoms with Crippen molar-refractivity contribution in [3.8, 4) is 28.3 Å². The van der Waals surface area contributed by atoms with Crippen molar-refractivity contribution in [2.75, 3.05) is 0 Å². The molecule has 6 aromatic rings. The van der Waals surface area contributed by atoms with Gasteiger partial charge in [0.05, 0.1) is 17.6 Å². The van der Waals surface area contributed by atoms with Crippen molar-refractivity contribution >= 4 is 21.9 Å². The lowest BCUT2D eigenvalue weighted by atomic mass is 10.1. The van der Waals surface area contributed by atoms with E-state index < -0.39 is 0 Å². The maximum absolute atomic E-state index is 5.94. The lowest BCUT2D eigenvalue weighted by Crippen LogP contribution is -1.96. The standard InChI is InChI=1S/C25H18N6O/c1-2-4-16(5-3-1)15-32-20-8-17(11-27-14-20)18-9-21-24(30-31-25(21)28-13-18)23-10-19-12-26-7-6-22(19)29-23/h1-14,29H,15H2,(H,28,30,31). The number of benzene rings is 1. The molecule has 5 heterocycles. The first-order valence-electron chi connectivity index (χ1n) is 10.2. The molecule has 5 aromatic heterocycles. The van der Waals surface area contributed by atoms with Crippen molar-refractivity contribution in [1.29, 1.82) is 0 Å². The molecule has 0 aliphatic rings. The molecule has 6 rings (SSSR count). The van der Waals surface area contributed by atoms with Crippen molar-refractivity contribution in [3.05, 3.63) is 91.1 Å². The Kier molecular flexibility index (Phi) is 4.35. The highest BCUT2D eigenvalue weighted by Crippen LogP contribution is 2.31. The second-order valence-corrected chi connectivity index (χ2v) is 7.52. The van der Waals surface area contributed by atoms with Crippen LogP contribution in [-0.4, -0.2) is 30.1 Å². The van der Waals surface area contributed by atoms with E-state index in [0.29, 0.717) is 18.0 Å². The number of nitrogens with zero attached hydrogens (tertiary/aromatic N) is 4. The summed E-state index contributed by atoms with van der Waals surface area (Å²) in [7, 11) is 0. The quantitative estimate of drug-likeness (QED) is 0.404. The summed E-state index contributed by atoms with van der Waals surface area (Å²) >= 11 is 0. The van der Waals surface area contributed by atoms with Crippen LogP contribution in [0.15, 0.2) is 85.6 Å². The molecule has 0 saturated heterocycles. The third kappa shape index (κ3) is 3.35. The molecule has 0 atom stereocenters. The number of hydrogen-bond acceptors (Lipinski definition) is 5. The van der Waals surface area contributed by atoms with Gasteiger partial charge in [0.15, 0.2) is 5.65 Å². The van der Waals surface area contributed by atoms with E-state index in [4.69, 9.17) is 4.74 Å². The van der Waals surface area contributed by atoms with Crippen LogP contribution in [0.4, 0.5) is 0 Å². The van der Waals surface area contributed by atoms with Crippen molar-refractivity contribution < 1.29 is 4.74 Å². The van der Waals surface area contributed by atoms with Gasteiger partial charge >= 0.3 is 0 Å². The summed E-state index contributed by atoms with van der Waals surface area (Å²) in [6.07, 6.45) is 8.95. The van der Waals surface area contributed by atoms with Gasteiger partial charge in [-0.15, -0.1) is 0 Å². The van der Waals surface area contributed by atoms with Gasteiger partial charge in [-0.1, -0.05) is 30.3 Å². The van der Waals surface area contributed by atoms with Crippen LogP contribution in [-0.2, 0) is 6.61 Å². The molecule has 0 amide bonds. The minimum atomic E-state index is 0.490. The van der Waals surface area contributed by atoms with Crippen molar-refractivity contribution in [3.63, 3.8) is 0 Å². The Hall–Kier alpha value is -4.52. The molecular formula is C25H18N6O. The Balaban J connectivity index is 1.34. The monoisotopic (exact) mass is 418 g/mol. The molecule has 0 radical (unpaired) electrons. The van der Waals surface area contributed by atoms with E-state index in [0.717, 1.165) is 44.4 Å². The predicted octanol–water partition coefficient (Wildman–Crippen LogP) is 5.14. The van der Waals surface area contributed by atoms with Crippen LogP contribution in [0.25, 0.3) is 44.5 Å². The number of rotatable bonds is 5. The van der Waals surface area contributed by atoms with Gasteiger partial charge in [-0.05, 0) is 29.8 Å². The zero-order valence-electron chi connectivity index (χ0n) is 17.0. The molecule has 0 unspecified atom stereocenters. The molecule has 0 bridgehead atoms. The Morgan fingerprint density at radius 3 is 2.66 bits per heavy atom. The first kappa shape index (κ1) is 18.3. The summed E-state index contributed by atoms with van der Waals surface area (Å²) in [6.45, 7) is 0.490. The Labute approximate surface area is 183 Å². The van der Waals surface area contributed by atoms with Crippen LogP contribution in [0.5, 0.6) is 5.75 Å². The molecule has 0 saturated carbocycles. The van der Waals surface area contributed by atoms with E-state index >= 15 is 0 Å². The summed E-state index contributed by atoms with van der Waals surface area (Å²) < 4.78 is 5.94. The Morgan fingerprint density at radius 2 is 1.75 bits per heavy atom. The van der Waals surface area contributed by atoms with Crippen LogP contribution in [0, 0.1) is 0 Å². The van der Waals surface area contributed by atoms with Gasteiger partial charge in [0.25, 0.3) is 0 Å². The van der Waals surface area contributed by atoms with Gasteiger partial charge in [-0.3, -0.25) is 15.1 Å². The van der Waals surface area contributed by atoms with Gasteiger partial charge in [0, 0.05) is 52.2 Å². The zero-order chi connectivity index (χ0) is 21.3. The highest BCUT2D eigenvalue weighted by molar-refractivity contribution is 5.95. The second-order valence-electron chi connectivity index (χ2n) is 7.52. The van der Waals surface area contributed by atoms with E-state index in [-0.39, 0.29) is 0 Å². The number of hydrogen-bond donors (Lipinski definition) is 2. The third-order valence-corrected chi connectivity index (χ3v) is 5.39. The van der Waals surface area contributed by atoms with Crippen molar-refractivity contribution in [2.45, 2.75) is 6.61 Å². The molecule has 32 heavy (non-hydrogen) atoms. The summed E-state index contributed by atoms with van der Waals surface area (Å²) in [5.74, 6) is 0.710. The second kappa shape index (κ2) is 7.63. The number of pyridine rings is 3. The molecular weight excluding hydrogens is 400 g/mol. The number of H-pyrrole nitrogens is 2. The van der Waals surface area contributed by atoms with E-state index in [2.05, 4.69) is 42.3 Å². The smallest absolute Gasteiger partial charge is 0.181 e. The lowest BCUT2D eigenvalue weighted by molar-refractivity contribution is 0.305. The summed E-state index contributed by atoms with van der Waals surface area (Å²) in [5.41, 5.74) is 6.48. The molecule has 0 fully saturated rings. The number of ether oxygens (including phenoxy) is 1. The summed E-state index contributed by atoms with van der Waals surface area (Å²) in [6, 6.07) is 18.1. The van der Waals surface area contributed by atoms with Crippen LogP contribution in [0.1, 0.15) is 5.56 Å². The minimum Gasteiger partial charge on any atom is -0.487 e. The lowest BCUT2D eigenvalue weighted by Gasteiger charge is -2.08. The highest BCUT2D eigenvalue weighted by Gasteiger charge is 2.13. The van der Waals surface area contributed by atoms with Crippen LogP contribution in [0.3, 0.4) is 0 Å². The van der Waals surface area contributed by atoms with Crippen molar-refractivity contribution in [1.82, 2.24) is 30.1 Å². The van der Waals surface area contributed by atoms with Crippen LogP contribution in [0.2, 0.25) is 0 Å². The van der Waals surface area contributed by atoms with E-state index in [9.17, 15) is 0 Å². The maximum Gasteiger partial charge on any atom is 0.181 e. The normalized spacial score (nSPS) is 11.2. The fourth-order valence-electron chi connectivity index (χ4n) is 3.77. The number of aromatic amines is 2. The molecule has 7 nitrogen and oxygen atoms in total. The average molecular weight is 418 g/mol. The van der Waals surface area contributed by atoms with Gasteiger partial charge in [-0.2, -0.15) is 5.10 Å². The maximum atomic E-state index is 5.94. The molecule has 1 aromatic carbocycles. The SMILES string of the molecule is c1ccc(COc2cncc(-c3cnc4n[nH]c(-c5cc6cnccc6[nH]5)c4c3)c2)cc1. The fraction of sp³-hybridized carbons (Fsp3) is 0.0400. The summed E-state index contributed by atoms with van der Waals surface area (Å²) in [4.78, 5) is 16.5. The molecule has 7 heteroatoms. The van der Waals surface area contributed by atoms with Crippen LogP contribution < -0.4 is 4.74 Å². The predicted molar refractivity (Wildman–Crippen MR) is 123 cm³/mol. The largest absolute Gasteiger partial charge is 0.487 e. The third-order valence-electron chi connectivity index (χ3n) is 5.39. The number of aromatic nitrogens is 6. The van der Waals surface area contributed by atoms with Crippen LogP contribution >= 0.6 is 0 Å². The summed E-state index contributed by atoms with van der Waals surface area (Å²) in [5, 5.41) is 9.46. The topological polar surface area (TPSA) is 92.4 Å². The Bertz CT molecular complexity index is 1500. The van der Waals surface area contributed by atoms with E-state index in [1.54, 1.807) is 18.6 Å². The van der Waals surface area contributed by atoms with Gasteiger partial charge < -0.3 is 9.72 Å². The zero-order valence-corrected chi connectivity index (χ0v) is 17.0. The van der Waals surface area contributed by atoms with Gasteiger partial charge in [-0.25, -0.2) is 4.98 Å². The average Bonchev–Trinajstić information content (AvgIpc) is 3.47.